The Morgan fingerprint density at radius 2 is 1.88 bits per heavy atom. The number of hydrogen-bond donors (Lipinski definition) is 1. The Kier molecular flexibility index (Phi) is 4.29. The Labute approximate surface area is 104 Å². The van der Waals surface area contributed by atoms with Gasteiger partial charge in [-0.05, 0) is 37.5 Å². The minimum Gasteiger partial charge on any atom is -0.307 e. The predicted octanol–water partition coefficient (Wildman–Crippen LogP) is 2.39. The van der Waals surface area contributed by atoms with Crippen molar-refractivity contribution < 1.29 is 8.60 Å². The fraction of sp³-hybridized carbons (Fsp3) is 0.538. The Morgan fingerprint density at radius 1 is 1.29 bits per heavy atom. The van der Waals surface area contributed by atoms with Gasteiger partial charge < -0.3 is 5.32 Å². The zero-order valence-corrected chi connectivity index (χ0v) is 10.8. The van der Waals surface area contributed by atoms with Gasteiger partial charge in [0.15, 0.2) is 0 Å². The molecule has 0 aromatic heterocycles. The fourth-order valence-electron chi connectivity index (χ4n) is 2.16. The van der Waals surface area contributed by atoms with Gasteiger partial charge in [0.05, 0.1) is 0 Å². The Bertz CT molecular complexity index is 383. The topological polar surface area (TPSA) is 29.1 Å². The van der Waals surface area contributed by atoms with Crippen molar-refractivity contribution in [2.75, 3.05) is 11.5 Å². The zero-order valence-electron chi connectivity index (χ0n) is 9.99. The van der Waals surface area contributed by atoms with E-state index in [1.54, 1.807) is 0 Å². The van der Waals surface area contributed by atoms with Crippen LogP contribution in [0.2, 0.25) is 0 Å². The molecule has 0 bridgehead atoms. The van der Waals surface area contributed by atoms with Crippen LogP contribution in [-0.2, 0) is 10.8 Å². The first-order valence-electron chi connectivity index (χ1n) is 6.01. The average molecular weight is 255 g/mol. The highest BCUT2D eigenvalue weighted by Gasteiger charge is 2.19. The van der Waals surface area contributed by atoms with Gasteiger partial charge in [-0.25, -0.2) is 4.39 Å². The largest absolute Gasteiger partial charge is 0.307 e. The zero-order chi connectivity index (χ0) is 12.3. The van der Waals surface area contributed by atoms with Gasteiger partial charge in [-0.15, -0.1) is 0 Å². The third-order valence-electron chi connectivity index (χ3n) is 3.24. The monoisotopic (exact) mass is 255 g/mol. The standard InChI is InChI=1S/C13H18FNOS/c1-10(11-2-4-12(14)5-3-11)15-13-6-8-17(16)9-7-13/h2-5,10,13,15H,6-9H2,1H3/t10-,13?,17?/m0/s1. The normalized spacial score (nSPS) is 26.7. The number of halogens is 1. The van der Waals surface area contributed by atoms with E-state index in [2.05, 4.69) is 12.2 Å². The van der Waals surface area contributed by atoms with E-state index < -0.39 is 10.8 Å². The molecule has 1 saturated heterocycles. The molecular weight excluding hydrogens is 237 g/mol. The van der Waals surface area contributed by atoms with Gasteiger partial charge in [-0.2, -0.15) is 0 Å². The number of rotatable bonds is 3. The van der Waals surface area contributed by atoms with Crippen LogP contribution in [0.3, 0.4) is 0 Å². The third kappa shape index (κ3) is 3.61. The number of nitrogens with one attached hydrogen (secondary N) is 1. The highest BCUT2D eigenvalue weighted by molar-refractivity contribution is 7.85. The fourth-order valence-corrected chi connectivity index (χ4v) is 3.46. The lowest BCUT2D eigenvalue weighted by molar-refractivity contribution is 0.426. The molecular formula is C13H18FNOS. The molecule has 1 aromatic rings. The van der Waals surface area contributed by atoms with Crippen molar-refractivity contribution in [3.8, 4) is 0 Å². The second-order valence-corrected chi connectivity index (χ2v) is 6.26. The van der Waals surface area contributed by atoms with Crippen molar-refractivity contribution in [1.29, 1.82) is 0 Å². The van der Waals surface area contributed by atoms with Crippen molar-refractivity contribution in [3.05, 3.63) is 35.6 Å². The Hall–Kier alpha value is -0.740. The van der Waals surface area contributed by atoms with Crippen molar-refractivity contribution in [2.24, 2.45) is 0 Å². The van der Waals surface area contributed by atoms with Crippen LogP contribution in [0.15, 0.2) is 24.3 Å². The quantitative estimate of drug-likeness (QED) is 0.898. The molecule has 0 spiro atoms. The van der Waals surface area contributed by atoms with Gasteiger partial charge >= 0.3 is 0 Å². The van der Waals surface area contributed by atoms with Crippen molar-refractivity contribution in [1.82, 2.24) is 5.32 Å². The van der Waals surface area contributed by atoms with E-state index in [0.717, 1.165) is 29.9 Å². The van der Waals surface area contributed by atoms with E-state index in [4.69, 9.17) is 0 Å². The first kappa shape index (κ1) is 12.7. The van der Waals surface area contributed by atoms with Crippen LogP contribution in [0.5, 0.6) is 0 Å². The molecule has 1 fully saturated rings. The lowest BCUT2D eigenvalue weighted by atomic mass is 10.1. The molecule has 1 aromatic carbocycles. The molecule has 4 heteroatoms. The predicted molar refractivity (Wildman–Crippen MR) is 68.8 cm³/mol. The summed E-state index contributed by atoms with van der Waals surface area (Å²) in [5, 5.41) is 3.52. The molecule has 0 aliphatic carbocycles. The van der Waals surface area contributed by atoms with E-state index in [1.165, 1.54) is 12.1 Å². The number of hydrogen-bond acceptors (Lipinski definition) is 2. The van der Waals surface area contributed by atoms with E-state index in [9.17, 15) is 8.60 Å². The molecule has 1 heterocycles. The molecule has 2 rings (SSSR count). The van der Waals surface area contributed by atoms with E-state index in [-0.39, 0.29) is 11.9 Å². The van der Waals surface area contributed by atoms with Gasteiger partial charge in [-0.1, -0.05) is 12.1 Å². The Balaban J connectivity index is 1.90. The first-order chi connectivity index (χ1) is 8.15. The summed E-state index contributed by atoms with van der Waals surface area (Å²) in [6.45, 7) is 2.08. The van der Waals surface area contributed by atoms with Crippen LogP contribution in [0, 0.1) is 5.82 Å². The lowest BCUT2D eigenvalue weighted by Crippen LogP contribution is -2.37. The van der Waals surface area contributed by atoms with Crippen LogP contribution < -0.4 is 5.32 Å². The summed E-state index contributed by atoms with van der Waals surface area (Å²) in [5.41, 5.74) is 1.10. The summed E-state index contributed by atoms with van der Waals surface area (Å²) in [7, 11) is -0.613. The summed E-state index contributed by atoms with van der Waals surface area (Å²) in [4.78, 5) is 0. The lowest BCUT2D eigenvalue weighted by Gasteiger charge is -2.26. The van der Waals surface area contributed by atoms with E-state index in [1.807, 2.05) is 12.1 Å². The van der Waals surface area contributed by atoms with Crippen LogP contribution in [0.1, 0.15) is 31.4 Å². The molecule has 1 atom stereocenters. The third-order valence-corrected chi connectivity index (χ3v) is 4.63. The molecule has 0 amide bonds. The van der Waals surface area contributed by atoms with Crippen molar-refractivity contribution >= 4 is 10.8 Å². The summed E-state index contributed by atoms with van der Waals surface area (Å²) in [5.74, 6) is 1.40. The van der Waals surface area contributed by atoms with Gasteiger partial charge in [-0.3, -0.25) is 4.21 Å². The molecule has 0 radical (unpaired) electrons. The molecule has 2 nitrogen and oxygen atoms in total. The second kappa shape index (κ2) is 5.74. The second-order valence-electron chi connectivity index (χ2n) is 4.56. The molecule has 1 aliphatic heterocycles. The van der Waals surface area contributed by atoms with Crippen LogP contribution in [0.25, 0.3) is 0 Å². The van der Waals surface area contributed by atoms with Gasteiger partial charge in [0.2, 0.25) is 0 Å². The minimum atomic E-state index is -0.613. The minimum absolute atomic E-state index is 0.200. The van der Waals surface area contributed by atoms with Gasteiger partial charge in [0.1, 0.15) is 5.82 Å². The van der Waals surface area contributed by atoms with Crippen LogP contribution in [-0.4, -0.2) is 21.8 Å². The average Bonchev–Trinajstić information content (AvgIpc) is 2.33. The van der Waals surface area contributed by atoms with Crippen molar-refractivity contribution in [3.63, 3.8) is 0 Å². The maximum Gasteiger partial charge on any atom is 0.123 e. The smallest absolute Gasteiger partial charge is 0.123 e. The molecule has 94 valence electrons. The molecule has 1 aliphatic rings. The highest BCUT2D eigenvalue weighted by Crippen LogP contribution is 2.17. The highest BCUT2D eigenvalue weighted by atomic mass is 32.2. The SMILES string of the molecule is C[C@H](NC1CCS(=O)CC1)c1ccc(F)cc1. The molecule has 1 N–H and O–H groups in total. The molecule has 17 heavy (non-hydrogen) atoms. The number of benzene rings is 1. The van der Waals surface area contributed by atoms with Gasteiger partial charge in [0.25, 0.3) is 0 Å². The summed E-state index contributed by atoms with van der Waals surface area (Å²) in [6.07, 6.45) is 1.94. The Morgan fingerprint density at radius 3 is 2.47 bits per heavy atom. The molecule has 0 unspecified atom stereocenters. The molecule has 0 saturated carbocycles. The summed E-state index contributed by atoms with van der Waals surface area (Å²) in [6, 6.07) is 7.26. The van der Waals surface area contributed by atoms with Crippen LogP contribution >= 0.6 is 0 Å². The van der Waals surface area contributed by atoms with E-state index in [0.29, 0.717) is 6.04 Å². The summed E-state index contributed by atoms with van der Waals surface area (Å²) < 4.78 is 24.0. The van der Waals surface area contributed by atoms with E-state index >= 15 is 0 Å². The van der Waals surface area contributed by atoms with Crippen LogP contribution in [0.4, 0.5) is 4.39 Å². The van der Waals surface area contributed by atoms with Crippen molar-refractivity contribution in [2.45, 2.75) is 31.8 Å². The first-order valence-corrected chi connectivity index (χ1v) is 7.50. The maximum atomic E-state index is 12.8. The van der Waals surface area contributed by atoms with Gasteiger partial charge in [0, 0.05) is 34.4 Å². The summed E-state index contributed by atoms with van der Waals surface area (Å²) >= 11 is 0. The maximum absolute atomic E-state index is 12.8.